The molecule has 1 amide bonds. The summed E-state index contributed by atoms with van der Waals surface area (Å²) in [6.07, 6.45) is 2.80. The maximum Gasteiger partial charge on any atom is 0.261 e. The number of hydrogen-bond donors (Lipinski definition) is 3. The van der Waals surface area contributed by atoms with E-state index in [0.717, 1.165) is 38.4 Å². The van der Waals surface area contributed by atoms with E-state index in [1.807, 2.05) is 24.3 Å². The minimum atomic E-state index is -0.349. The summed E-state index contributed by atoms with van der Waals surface area (Å²) < 4.78 is 5.37. The molecule has 8 nitrogen and oxygen atoms in total. The van der Waals surface area contributed by atoms with Crippen LogP contribution in [0.1, 0.15) is 15.9 Å². The van der Waals surface area contributed by atoms with Crippen LogP contribution in [0.4, 0.5) is 5.69 Å². The maximum atomic E-state index is 12.6. The molecule has 0 saturated carbocycles. The molecule has 3 aromatic rings. The number of benzene rings is 1. The Kier molecular flexibility index (Phi) is 4.51. The van der Waals surface area contributed by atoms with Gasteiger partial charge in [0.25, 0.3) is 11.5 Å². The third-order valence-corrected chi connectivity index (χ3v) is 4.42. The molecule has 1 saturated heterocycles. The summed E-state index contributed by atoms with van der Waals surface area (Å²) in [6.45, 7) is 4.12. The first-order valence-corrected chi connectivity index (χ1v) is 8.46. The quantitative estimate of drug-likeness (QED) is 0.657. The van der Waals surface area contributed by atoms with Gasteiger partial charge in [-0.2, -0.15) is 0 Å². The smallest absolute Gasteiger partial charge is 0.261 e. The maximum absolute atomic E-state index is 12.6. The van der Waals surface area contributed by atoms with Crippen molar-refractivity contribution in [3.8, 4) is 0 Å². The highest BCUT2D eigenvalue weighted by Gasteiger charge is 2.16. The number of hydrogen-bond acceptors (Lipinski definition) is 5. The molecule has 2 aromatic heterocycles. The second-order valence-corrected chi connectivity index (χ2v) is 6.20. The molecular formula is C18H19N5O3. The number of morpholine rings is 1. The van der Waals surface area contributed by atoms with Crippen LogP contribution in [0.3, 0.4) is 0 Å². The lowest BCUT2D eigenvalue weighted by atomic mass is 10.1. The van der Waals surface area contributed by atoms with Crippen molar-refractivity contribution in [1.29, 1.82) is 0 Å². The predicted octanol–water partition coefficient (Wildman–Crippen LogP) is 1.34. The van der Waals surface area contributed by atoms with Crippen molar-refractivity contribution in [3.63, 3.8) is 0 Å². The lowest BCUT2D eigenvalue weighted by Crippen LogP contribution is -2.35. The van der Waals surface area contributed by atoms with Gasteiger partial charge in [0, 0.05) is 31.5 Å². The summed E-state index contributed by atoms with van der Waals surface area (Å²) >= 11 is 0. The van der Waals surface area contributed by atoms with E-state index >= 15 is 0 Å². The fourth-order valence-electron chi connectivity index (χ4n) is 3.11. The number of nitrogens with one attached hydrogen (secondary N) is 3. The normalized spacial score (nSPS) is 15.2. The molecule has 0 spiro atoms. The van der Waals surface area contributed by atoms with Crippen LogP contribution in [0.5, 0.6) is 0 Å². The van der Waals surface area contributed by atoms with Crippen LogP contribution in [0.15, 0.2) is 41.6 Å². The standard InChI is InChI=1S/C18H19N5O3/c24-17(14-9-19-16-15(14)18(25)21-11-20-16)22-13-3-1-2-12(8-13)10-23-4-6-26-7-5-23/h1-3,8-9,11H,4-7,10H2,(H,22,24)(H2,19,20,21,25). The second-order valence-electron chi connectivity index (χ2n) is 6.20. The predicted molar refractivity (Wildman–Crippen MR) is 97.2 cm³/mol. The van der Waals surface area contributed by atoms with Gasteiger partial charge in [-0.25, -0.2) is 4.98 Å². The van der Waals surface area contributed by atoms with Crippen LogP contribution in [-0.2, 0) is 11.3 Å². The molecule has 1 aliphatic rings. The molecule has 0 radical (unpaired) electrons. The summed E-state index contributed by atoms with van der Waals surface area (Å²) in [5, 5.41) is 3.12. The van der Waals surface area contributed by atoms with Gasteiger partial charge in [0.05, 0.1) is 30.5 Å². The lowest BCUT2D eigenvalue weighted by molar-refractivity contribution is 0.0342. The number of ether oxygens (including phenoxy) is 1. The van der Waals surface area contributed by atoms with Gasteiger partial charge in [-0.05, 0) is 17.7 Å². The highest BCUT2D eigenvalue weighted by molar-refractivity contribution is 6.12. The third kappa shape index (κ3) is 3.37. The first-order valence-electron chi connectivity index (χ1n) is 8.46. The van der Waals surface area contributed by atoms with Gasteiger partial charge in [-0.15, -0.1) is 0 Å². The molecule has 8 heteroatoms. The van der Waals surface area contributed by atoms with E-state index in [-0.39, 0.29) is 22.4 Å². The second kappa shape index (κ2) is 7.11. The van der Waals surface area contributed by atoms with Gasteiger partial charge >= 0.3 is 0 Å². The number of amides is 1. The molecule has 0 unspecified atom stereocenters. The zero-order valence-electron chi connectivity index (χ0n) is 14.1. The van der Waals surface area contributed by atoms with E-state index in [1.165, 1.54) is 12.5 Å². The fourth-order valence-corrected chi connectivity index (χ4v) is 3.11. The Balaban J connectivity index is 1.52. The molecule has 1 aromatic carbocycles. The Morgan fingerprint density at radius 1 is 1.27 bits per heavy atom. The van der Waals surface area contributed by atoms with E-state index in [9.17, 15) is 9.59 Å². The van der Waals surface area contributed by atoms with Gasteiger partial charge < -0.3 is 20.0 Å². The van der Waals surface area contributed by atoms with Gasteiger partial charge in [-0.1, -0.05) is 12.1 Å². The number of anilines is 1. The molecule has 0 bridgehead atoms. The number of aromatic amines is 2. The van der Waals surface area contributed by atoms with Crippen LogP contribution < -0.4 is 10.9 Å². The first kappa shape index (κ1) is 16.5. The molecule has 1 fully saturated rings. The van der Waals surface area contributed by atoms with E-state index in [0.29, 0.717) is 11.3 Å². The Labute approximate surface area is 149 Å². The third-order valence-electron chi connectivity index (χ3n) is 4.42. The molecule has 1 aliphatic heterocycles. The van der Waals surface area contributed by atoms with E-state index in [2.05, 4.69) is 25.2 Å². The number of H-pyrrole nitrogens is 2. The molecule has 3 heterocycles. The van der Waals surface area contributed by atoms with E-state index in [1.54, 1.807) is 0 Å². The monoisotopic (exact) mass is 353 g/mol. The van der Waals surface area contributed by atoms with Crippen LogP contribution in [-0.4, -0.2) is 52.1 Å². The molecule has 26 heavy (non-hydrogen) atoms. The van der Waals surface area contributed by atoms with Crippen molar-refractivity contribution >= 4 is 22.6 Å². The van der Waals surface area contributed by atoms with Gasteiger partial charge in [0.2, 0.25) is 0 Å². The Hall–Kier alpha value is -2.97. The number of carbonyl (C=O) groups is 1. The number of fused-ring (bicyclic) bond motifs is 1. The average Bonchev–Trinajstić information content (AvgIpc) is 3.09. The van der Waals surface area contributed by atoms with Crippen molar-refractivity contribution < 1.29 is 9.53 Å². The molecule has 3 N–H and O–H groups in total. The highest BCUT2D eigenvalue weighted by Crippen LogP contribution is 2.17. The summed E-state index contributed by atoms with van der Waals surface area (Å²) in [5.74, 6) is -0.349. The summed E-state index contributed by atoms with van der Waals surface area (Å²) in [7, 11) is 0. The first-order chi connectivity index (χ1) is 12.7. The largest absolute Gasteiger partial charge is 0.379 e. The molecule has 0 atom stereocenters. The van der Waals surface area contributed by atoms with Crippen molar-refractivity contribution in [3.05, 3.63) is 58.3 Å². The van der Waals surface area contributed by atoms with Gasteiger partial charge in [0.1, 0.15) is 5.65 Å². The van der Waals surface area contributed by atoms with Crippen molar-refractivity contribution in [2.75, 3.05) is 31.6 Å². The Morgan fingerprint density at radius 2 is 2.12 bits per heavy atom. The molecule has 0 aliphatic carbocycles. The van der Waals surface area contributed by atoms with Crippen molar-refractivity contribution in [2.45, 2.75) is 6.54 Å². The van der Waals surface area contributed by atoms with E-state index in [4.69, 9.17) is 4.74 Å². The topological polar surface area (TPSA) is 103 Å². The van der Waals surface area contributed by atoms with Crippen LogP contribution in [0.2, 0.25) is 0 Å². The Bertz CT molecular complexity index is 988. The van der Waals surface area contributed by atoms with Crippen LogP contribution in [0.25, 0.3) is 11.0 Å². The average molecular weight is 353 g/mol. The summed E-state index contributed by atoms with van der Waals surface area (Å²) in [6, 6.07) is 7.73. The minimum Gasteiger partial charge on any atom is -0.379 e. The van der Waals surface area contributed by atoms with E-state index < -0.39 is 0 Å². The fraction of sp³-hybridized carbons (Fsp3) is 0.278. The summed E-state index contributed by atoms with van der Waals surface area (Å²) in [4.78, 5) is 36.3. The molecular weight excluding hydrogens is 334 g/mol. The van der Waals surface area contributed by atoms with Crippen molar-refractivity contribution in [2.24, 2.45) is 0 Å². The summed E-state index contributed by atoms with van der Waals surface area (Å²) in [5.41, 5.74) is 2.12. The zero-order valence-corrected chi connectivity index (χ0v) is 14.1. The number of rotatable bonds is 4. The van der Waals surface area contributed by atoms with Gasteiger partial charge in [-0.3, -0.25) is 14.5 Å². The number of carbonyl (C=O) groups excluding carboxylic acids is 1. The Morgan fingerprint density at radius 3 is 2.96 bits per heavy atom. The molecule has 4 rings (SSSR count). The number of nitrogens with zero attached hydrogens (tertiary/aromatic N) is 2. The SMILES string of the molecule is O=C(Nc1cccc(CN2CCOCC2)c1)c1c[nH]c2nc[nH]c(=O)c12. The zero-order chi connectivity index (χ0) is 17.9. The lowest BCUT2D eigenvalue weighted by Gasteiger charge is -2.26. The van der Waals surface area contributed by atoms with Gasteiger partial charge in [0.15, 0.2) is 0 Å². The molecule has 134 valence electrons. The van der Waals surface area contributed by atoms with Crippen LogP contribution in [0, 0.1) is 0 Å². The van der Waals surface area contributed by atoms with Crippen molar-refractivity contribution in [1.82, 2.24) is 19.9 Å². The highest BCUT2D eigenvalue weighted by atomic mass is 16.5. The minimum absolute atomic E-state index is 0.259. The number of aromatic nitrogens is 3. The van der Waals surface area contributed by atoms with Crippen LogP contribution >= 0.6 is 0 Å².